The van der Waals surface area contributed by atoms with Gasteiger partial charge in [-0.15, -0.1) is 0 Å². The normalized spacial score (nSPS) is 6.50. The van der Waals surface area contributed by atoms with Gasteiger partial charge in [0.2, 0.25) is 0 Å². The Balaban J connectivity index is -0.0000000921. The number of carboxylic acids is 1. The fourth-order valence-electron chi connectivity index (χ4n) is 0.574. The summed E-state index contributed by atoms with van der Waals surface area (Å²) in [4.78, 5) is 18.4. The fraction of sp³-hybridized carbons (Fsp3) is 0. The van der Waals surface area contributed by atoms with Crippen molar-refractivity contribution in [3.05, 3.63) is 35.9 Å². The SMILES string of the molecule is O=C([O-])[O-].O=C([O-])c1ccccc1.[Ag+].[Ag+].[Ag+]. The smallest absolute Gasteiger partial charge is 0.652 e. The molecule has 16 heavy (non-hydrogen) atoms. The second-order valence-electron chi connectivity index (χ2n) is 1.90. The summed E-state index contributed by atoms with van der Waals surface area (Å²) < 4.78 is 0. The van der Waals surface area contributed by atoms with E-state index in [0.29, 0.717) is 0 Å². The molecule has 5 nitrogen and oxygen atoms in total. The quantitative estimate of drug-likeness (QED) is 0.397. The van der Waals surface area contributed by atoms with Crippen LogP contribution in [0.1, 0.15) is 10.4 Å². The van der Waals surface area contributed by atoms with E-state index in [4.69, 9.17) is 15.0 Å². The molecule has 0 radical (unpaired) electrons. The summed E-state index contributed by atoms with van der Waals surface area (Å²) in [5.41, 5.74) is 0.220. The molecule has 1 rings (SSSR count). The molecule has 0 spiro atoms. The molecule has 0 aliphatic heterocycles. The van der Waals surface area contributed by atoms with Gasteiger partial charge in [-0.2, -0.15) is 0 Å². The first-order valence-corrected chi connectivity index (χ1v) is 3.18. The standard InChI is InChI=1S/C7H6O2.CH2O3.3Ag/c8-7(9)6-4-2-1-3-5-6;2-1(3)4;;;/h1-5H,(H,8,9);(H2,2,3,4);;;/q;;3*+1/p-3. The Labute approximate surface area is 139 Å². The third-order valence-corrected chi connectivity index (χ3v) is 1.01. The zero-order valence-corrected chi connectivity index (χ0v) is 11.8. The van der Waals surface area contributed by atoms with Crippen molar-refractivity contribution in [3.63, 3.8) is 0 Å². The summed E-state index contributed by atoms with van der Waals surface area (Å²) >= 11 is 0. The molecule has 0 aliphatic rings. The fourth-order valence-corrected chi connectivity index (χ4v) is 0.574. The van der Waals surface area contributed by atoms with E-state index < -0.39 is 12.1 Å². The average Bonchev–Trinajstić information content (AvgIpc) is 2.05. The number of carbonyl (C=O) groups excluding carboxylic acids is 2. The zero-order chi connectivity index (χ0) is 10.3. The summed E-state index contributed by atoms with van der Waals surface area (Å²) in [5.74, 6) is -1.13. The Hall–Kier alpha value is 0.181. The summed E-state index contributed by atoms with van der Waals surface area (Å²) in [5, 5.41) is 26.8. The van der Waals surface area contributed by atoms with Crippen LogP contribution >= 0.6 is 0 Å². The monoisotopic (exact) mass is 502 g/mol. The molecular weight excluding hydrogens is 500 g/mol. The third-order valence-electron chi connectivity index (χ3n) is 1.01. The van der Waals surface area contributed by atoms with Gasteiger partial charge in [0.25, 0.3) is 0 Å². The van der Waals surface area contributed by atoms with Gasteiger partial charge in [-0.25, -0.2) is 0 Å². The first-order valence-electron chi connectivity index (χ1n) is 3.18. The van der Waals surface area contributed by atoms with Crippen molar-refractivity contribution in [1.82, 2.24) is 0 Å². The van der Waals surface area contributed by atoms with Crippen molar-refractivity contribution in [2.24, 2.45) is 0 Å². The molecule has 0 unspecified atom stereocenters. The molecule has 100 valence electrons. The van der Waals surface area contributed by atoms with Crippen molar-refractivity contribution in [1.29, 1.82) is 0 Å². The van der Waals surface area contributed by atoms with E-state index in [2.05, 4.69) is 0 Å². The van der Waals surface area contributed by atoms with Crippen molar-refractivity contribution in [3.8, 4) is 0 Å². The van der Waals surface area contributed by atoms with E-state index in [9.17, 15) is 9.90 Å². The summed E-state index contributed by atoms with van der Waals surface area (Å²) in [7, 11) is 0. The number of benzene rings is 1. The van der Waals surface area contributed by atoms with Crippen LogP contribution < -0.4 is 15.3 Å². The van der Waals surface area contributed by atoms with Gasteiger partial charge < -0.3 is 24.9 Å². The molecule has 0 aromatic heterocycles. The Bertz CT molecular complexity index is 287. The van der Waals surface area contributed by atoms with Crippen LogP contribution in [0.5, 0.6) is 0 Å². The van der Waals surface area contributed by atoms with Crippen LogP contribution in [0.25, 0.3) is 0 Å². The van der Waals surface area contributed by atoms with Gasteiger partial charge in [0, 0.05) is 0 Å². The van der Waals surface area contributed by atoms with E-state index in [-0.39, 0.29) is 72.7 Å². The number of rotatable bonds is 1. The zero-order valence-electron chi connectivity index (χ0n) is 7.33. The van der Waals surface area contributed by atoms with Gasteiger partial charge in [0.1, 0.15) is 0 Å². The van der Waals surface area contributed by atoms with Crippen LogP contribution in [0, 0.1) is 0 Å². The van der Waals surface area contributed by atoms with Crippen LogP contribution in [0.2, 0.25) is 0 Å². The van der Waals surface area contributed by atoms with Crippen molar-refractivity contribution < 1.29 is 92.0 Å². The second kappa shape index (κ2) is 15.2. The van der Waals surface area contributed by atoms with Gasteiger partial charge >= 0.3 is 67.1 Å². The minimum atomic E-state index is -2.33. The summed E-state index contributed by atoms with van der Waals surface area (Å²) in [6.07, 6.45) is -2.33. The molecule has 1 aromatic rings. The molecule has 0 amide bonds. The molecule has 0 bridgehead atoms. The second-order valence-corrected chi connectivity index (χ2v) is 1.90. The van der Waals surface area contributed by atoms with E-state index in [0.717, 1.165) is 0 Å². The van der Waals surface area contributed by atoms with Crippen LogP contribution in [-0.2, 0) is 67.1 Å². The van der Waals surface area contributed by atoms with Crippen LogP contribution in [0.15, 0.2) is 30.3 Å². The van der Waals surface area contributed by atoms with E-state index >= 15 is 0 Å². The Kier molecular flexibility index (Phi) is 23.8. The third kappa shape index (κ3) is 16.6. The minimum Gasteiger partial charge on any atom is -0.652 e. The first kappa shape index (κ1) is 25.1. The molecule has 0 atom stereocenters. The predicted octanol–water partition coefficient (Wildman–Crippen LogP) is -2.40. The molecule has 1 aromatic carbocycles. The molecule has 0 saturated carbocycles. The maximum absolute atomic E-state index is 10.1. The minimum absolute atomic E-state index is 0. The molecule has 0 aliphatic carbocycles. The van der Waals surface area contributed by atoms with Gasteiger partial charge in [-0.05, 0) is 11.7 Å². The van der Waals surface area contributed by atoms with Crippen molar-refractivity contribution in [2.75, 3.05) is 0 Å². The summed E-state index contributed by atoms with van der Waals surface area (Å²) in [6.45, 7) is 0. The first-order chi connectivity index (χ1) is 6.04. The van der Waals surface area contributed by atoms with E-state index in [1.807, 2.05) is 0 Å². The number of carboxylic acid groups (broad SMARTS) is 3. The molecule has 0 fully saturated rings. The van der Waals surface area contributed by atoms with Gasteiger partial charge in [-0.1, -0.05) is 30.3 Å². The van der Waals surface area contributed by atoms with Crippen LogP contribution in [0.4, 0.5) is 4.79 Å². The van der Waals surface area contributed by atoms with Gasteiger partial charge in [-0.3, -0.25) is 0 Å². The number of hydrogen-bond acceptors (Lipinski definition) is 5. The van der Waals surface area contributed by atoms with Crippen LogP contribution in [0.3, 0.4) is 0 Å². The molecular formula is C8H5Ag3O5. The summed E-state index contributed by atoms with van der Waals surface area (Å²) in [6, 6.07) is 8.06. The van der Waals surface area contributed by atoms with Crippen molar-refractivity contribution in [2.45, 2.75) is 0 Å². The van der Waals surface area contributed by atoms with Gasteiger partial charge in [0.05, 0.1) is 5.97 Å². The molecule has 0 heterocycles. The molecule has 8 heteroatoms. The number of aromatic carboxylic acids is 1. The number of hydrogen-bond donors (Lipinski definition) is 0. The Morgan fingerprint density at radius 1 is 0.812 bits per heavy atom. The average molecular weight is 505 g/mol. The number of carbonyl (C=O) groups is 2. The predicted molar refractivity (Wildman–Crippen MR) is 36.2 cm³/mol. The topological polar surface area (TPSA) is 103 Å². The molecule has 0 saturated heterocycles. The molecule has 0 N–H and O–H groups in total. The Morgan fingerprint density at radius 3 is 1.31 bits per heavy atom. The van der Waals surface area contributed by atoms with E-state index in [1.165, 1.54) is 12.1 Å². The van der Waals surface area contributed by atoms with Crippen LogP contribution in [-0.4, -0.2) is 12.1 Å². The van der Waals surface area contributed by atoms with E-state index in [1.54, 1.807) is 18.2 Å². The van der Waals surface area contributed by atoms with Crippen molar-refractivity contribution >= 4 is 12.1 Å². The maximum atomic E-state index is 10.1. The Morgan fingerprint density at radius 2 is 1.12 bits per heavy atom. The van der Waals surface area contributed by atoms with Gasteiger partial charge in [0.15, 0.2) is 0 Å². The maximum Gasteiger partial charge on any atom is 1.00 e. The largest absolute Gasteiger partial charge is 1.00 e.